The van der Waals surface area contributed by atoms with Gasteiger partial charge in [-0.3, -0.25) is 0 Å². The molecule has 0 spiro atoms. The highest BCUT2D eigenvalue weighted by molar-refractivity contribution is 6.58. The van der Waals surface area contributed by atoms with Crippen molar-refractivity contribution < 1.29 is 24.7 Å². The van der Waals surface area contributed by atoms with Crippen molar-refractivity contribution in [1.29, 1.82) is 0 Å². The van der Waals surface area contributed by atoms with Crippen molar-refractivity contribution in [3.63, 3.8) is 0 Å². The maximum absolute atomic E-state index is 8.63. The Labute approximate surface area is 776 Å². The van der Waals surface area contributed by atoms with E-state index in [1.165, 1.54) is 81.9 Å². The standard InChI is InChI=1S/C46H28N4O.C24H16N2.C22H13ClN2O.C16H9ClN2O.C6H6BClO2.H2/c1-3-13-29(14-4-1)42-45-43(36-19-9-12-22-40(36)51-45)48-46(47-42)30-23-25-32(26-24-30)49-38-21-11-8-18-35(38)41-39(49)28-27-34-33-17-7-10-20-37(33)50(44(34)41)31-15-5-2-6-16-31;1-2-8-16(9-3-1)26-22-13-7-5-10-17(22)18-14-15-21-23(24(18)26)19-11-4-6-12-20(19)25-21;23-16-12-10-15(11-13-16)22-24-19(14-6-2-1-3-7-14)21-20(25-22)17-8-4-5-9-18(17)26-21;17-16-18-13(10-6-2-1-3-7-10)15-14(19-16)11-8-4-5-9-12(11)20-15;8-6-3-1-5(2-4-6)7(9)10;/h1-28H;1-15,25H;1-13H;1-9H;1-4,9-10H;1H. The van der Waals surface area contributed by atoms with Crippen LogP contribution in [0, 0.1) is 0 Å². The second kappa shape index (κ2) is 34.5. The zero-order chi connectivity index (χ0) is 89.2. The predicted octanol–water partition coefficient (Wildman–Crippen LogP) is 29.6. The highest BCUT2D eigenvalue weighted by Gasteiger charge is 2.26. The maximum Gasteiger partial charge on any atom is 0.488 e. The lowest BCUT2D eigenvalue weighted by Gasteiger charge is -2.11. The fourth-order valence-electron chi connectivity index (χ4n) is 18.2. The maximum atomic E-state index is 8.63. The number of nitrogens with zero attached hydrogens (tertiary/aromatic N) is 9. The Bertz CT molecular complexity index is 9090. The molecule has 27 rings (SSSR count). The van der Waals surface area contributed by atoms with Gasteiger partial charge in [-0.2, -0.15) is 0 Å². The van der Waals surface area contributed by atoms with Crippen LogP contribution < -0.4 is 5.46 Å². The van der Waals surface area contributed by atoms with Crippen molar-refractivity contribution in [2.24, 2.45) is 0 Å². The molecule has 0 radical (unpaired) electrons. The van der Waals surface area contributed by atoms with Gasteiger partial charge < -0.3 is 42.0 Å². The molecule has 634 valence electrons. The minimum Gasteiger partial charge on any atom is -0.452 e. The molecule has 15 nitrogen and oxygen atoms in total. The summed E-state index contributed by atoms with van der Waals surface area (Å²) in [4.78, 5) is 32.0. The minimum atomic E-state index is -1.41. The molecule has 133 heavy (non-hydrogen) atoms. The predicted molar refractivity (Wildman–Crippen MR) is 547 cm³/mol. The number of nitrogens with one attached hydrogen (secondary N) is 1. The van der Waals surface area contributed by atoms with Gasteiger partial charge in [-0.25, -0.2) is 29.9 Å². The molecule has 0 amide bonds. The number of hydrogen-bond acceptors (Lipinski definition) is 11. The van der Waals surface area contributed by atoms with Crippen LogP contribution in [0.2, 0.25) is 15.3 Å². The Hall–Kier alpha value is -16.6. The van der Waals surface area contributed by atoms with E-state index in [1.54, 1.807) is 24.3 Å². The van der Waals surface area contributed by atoms with Crippen LogP contribution in [0.15, 0.2) is 432 Å². The fraction of sp³-hybridized carbons (Fsp3) is 0. The topological polar surface area (TPSA) is 188 Å². The third kappa shape index (κ3) is 14.8. The van der Waals surface area contributed by atoms with Gasteiger partial charge in [0.25, 0.3) is 0 Å². The SMILES string of the molecule is Clc1ccc(-c2nc(-c3ccccc3)c3oc4ccccc4c3n2)cc1.Clc1nc(-c2ccccc2)c2oc3ccccc3c2n1.OB(O)c1ccc(Cl)cc1.[HH].c1ccc(-c2nc(-c3ccc(-n4c5ccccc5c5c4ccc4c6ccccc6n(-c6ccccc6)c45)cc3)nc3c2oc2ccccc23)cc1.c1ccc(-n2c3ccccc3c3ccc4[nH]c5ccccc5c4c32)cc1. The number of H-pyrrole nitrogens is 1. The van der Waals surface area contributed by atoms with E-state index in [2.05, 4.69) is 253 Å². The first-order valence-electron chi connectivity index (χ1n) is 43.4. The number of halogens is 3. The number of para-hydroxylation sites is 9. The molecule has 0 saturated carbocycles. The molecular weight excluding hydrogens is 1710 g/mol. The Morgan fingerprint density at radius 3 is 1.08 bits per heavy atom. The lowest BCUT2D eigenvalue weighted by Crippen LogP contribution is -2.29. The summed E-state index contributed by atoms with van der Waals surface area (Å²) in [6.45, 7) is 0. The summed E-state index contributed by atoms with van der Waals surface area (Å²) < 4.78 is 25.5. The molecular formula is C114H74BCl3N10O5. The quantitative estimate of drug-likeness (QED) is 0.0922. The summed E-state index contributed by atoms with van der Waals surface area (Å²) >= 11 is 17.6. The van der Waals surface area contributed by atoms with Crippen LogP contribution in [0.5, 0.6) is 0 Å². The van der Waals surface area contributed by atoms with Gasteiger partial charge in [0.15, 0.2) is 28.4 Å². The zero-order valence-corrected chi connectivity index (χ0v) is 73.0. The van der Waals surface area contributed by atoms with Crippen LogP contribution >= 0.6 is 34.8 Å². The number of benzene rings is 17. The van der Waals surface area contributed by atoms with Crippen LogP contribution in [0.3, 0.4) is 0 Å². The van der Waals surface area contributed by atoms with E-state index in [-0.39, 0.29) is 6.71 Å². The van der Waals surface area contributed by atoms with Gasteiger partial charge in [-0.1, -0.05) is 284 Å². The van der Waals surface area contributed by atoms with Crippen LogP contribution in [0.4, 0.5) is 0 Å². The summed E-state index contributed by atoms with van der Waals surface area (Å²) in [6, 6.07) is 141. The van der Waals surface area contributed by atoms with E-state index < -0.39 is 7.12 Å². The molecule has 19 heteroatoms. The molecule has 0 aliphatic rings. The third-order valence-electron chi connectivity index (χ3n) is 24.2. The first-order chi connectivity index (χ1) is 65.5. The number of rotatable bonds is 9. The molecule has 10 aromatic heterocycles. The molecule has 0 fully saturated rings. The second-order valence-electron chi connectivity index (χ2n) is 32.2. The van der Waals surface area contributed by atoms with Crippen LogP contribution in [0.1, 0.15) is 1.43 Å². The largest absolute Gasteiger partial charge is 0.488 e. The summed E-state index contributed by atoms with van der Waals surface area (Å²) in [6.07, 6.45) is 0. The fourth-order valence-corrected chi connectivity index (χ4v) is 18.7. The lowest BCUT2D eigenvalue weighted by atomic mass is 9.81. The van der Waals surface area contributed by atoms with Crippen LogP contribution in [0.25, 0.3) is 227 Å². The Morgan fingerprint density at radius 1 is 0.256 bits per heavy atom. The Morgan fingerprint density at radius 2 is 0.609 bits per heavy atom. The lowest BCUT2D eigenvalue weighted by molar-refractivity contribution is 0.426. The van der Waals surface area contributed by atoms with E-state index in [1.807, 2.05) is 170 Å². The number of aromatic amines is 1. The first-order valence-corrected chi connectivity index (χ1v) is 44.6. The number of fused-ring (bicyclic) bond motifs is 23. The van der Waals surface area contributed by atoms with Crippen molar-refractivity contribution in [3.8, 4) is 73.6 Å². The Balaban J connectivity index is 0.000000107. The summed E-state index contributed by atoms with van der Waals surface area (Å²) in [7, 11) is -1.41. The van der Waals surface area contributed by atoms with Gasteiger partial charge in [0.2, 0.25) is 5.28 Å². The monoisotopic (exact) mass is 1780 g/mol. The molecule has 0 unspecified atom stereocenters. The highest BCUT2D eigenvalue weighted by atomic mass is 35.5. The number of hydrogen-bond donors (Lipinski definition) is 3. The number of aromatic nitrogens is 10. The minimum absolute atomic E-state index is 0. The van der Waals surface area contributed by atoms with Crippen molar-refractivity contribution in [3.05, 3.63) is 434 Å². The summed E-state index contributed by atoms with van der Waals surface area (Å²) in [5.74, 6) is 1.32. The van der Waals surface area contributed by atoms with Crippen LogP contribution in [-0.4, -0.2) is 65.8 Å². The average molecular weight is 1780 g/mol. The van der Waals surface area contributed by atoms with Gasteiger partial charge in [-0.15, -0.1) is 0 Å². The normalized spacial score (nSPS) is 11.5. The van der Waals surface area contributed by atoms with Gasteiger partial charge in [0.1, 0.15) is 50.4 Å². The van der Waals surface area contributed by atoms with Gasteiger partial charge in [0, 0.05) is 127 Å². The third-order valence-corrected chi connectivity index (χ3v) is 24.9. The molecule has 0 aliphatic heterocycles. The van der Waals surface area contributed by atoms with Crippen molar-refractivity contribution in [1.82, 2.24) is 48.6 Å². The molecule has 0 saturated heterocycles. The van der Waals surface area contributed by atoms with E-state index in [0.29, 0.717) is 43.9 Å². The van der Waals surface area contributed by atoms with E-state index in [9.17, 15) is 0 Å². The average Bonchev–Trinajstić information content (AvgIpc) is 1.55. The van der Waals surface area contributed by atoms with Crippen molar-refractivity contribution in [2.45, 2.75) is 0 Å². The van der Waals surface area contributed by atoms with Gasteiger partial charge in [-0.05, 0) is 175 Å². The van der Waals surface area contributed by atoms with E-state index in [4.69, 9.17) is 78.0 Å². The van der Waals surface area contributed by atoms with E-state index >= 15 is 0 Å². The van der Waals surface area contributed by atoms with Crippen molar-refractivity contribution in [2.75, 3.05) is 0 Å². The van der Waals surface area contributed by atoms with Gasteiger partial charge in [0.05, 0.1) is 33.1 Å². The Kier molecular flexibility index (Phi) is 21.0. The second-order valence-corrected chi connectivity index (χ2v) is 33.4. The smallest absolute Gasteiger partial charge is 0.452 e. The van der Waals surface area contributed by atoms with Crippen molar-refractivity contribution >= 4 is 201 Å². The van der Waals surface area contributed by atoms with Gasteiger partial charge >= 0.3 is 7.12 Å². The molecule has 17 aromatic carbocycles. The molecule has 27 aromatic rings. The van der Waals surface area contributed by atoms with Crippen LogP contribution in [-0.2, 0) is 0 Å². The summed E-state index contributed by atoms with van der Waals surface area (Å²) in [5.41, 5.74) is 27.4. The first kappa shape index (κ1) is 81.0. The zero-order valence-electron chi connectivity index (χ0n) is 70.7. The molecule has 3 N–H and O–H groups in total. The van der Waals surface area contributed by atoms with E-state index in [0.717, 1.165) is 117 Å². The molecule has 0 bridgehead atoms. The molecule has 0 atom stereocenters. The molecule has 10 heterocycles. The highest BCUT2D eigenvalue weighted by Crippen LogP contribution is 2.46. The summed E-state index contributed by atoms with van der Waals surface area (Å²) in [5, 5.41) is 31.8. The molecule has 0 aliphatic carbocycles. The number of furan rings is 3.